The Morgan fingerprint density at radius 1 is 1.67 bits per heavy atom. The number of nitrogens with one attached hydrogen (secondary N) is 1. The van der Waals surface area contributed by atoms with Gasteiger partial charge >= 0.3 is 5.69 Å². The normalized spacial score (nSPS) is 9.67. The Hall–Kier alpha value is -1.62. The molecule has 0 aromatic carbocycles. The molecule has 0 aliphatic carbocycles. The first-order chi connectivity index (χ1) is 7.15. The number of rotatable bonds is 5. The van der Waals surface area contributed by atoms with E-state index in [-0.39, 0.29) is 16.7 Å². The Labute approximate surface area is 91.9 Å². The topological polar surface area (TPSA) is 68.1 Å². The third-order valence-corrected chi connectivity index (χ3v) is 1.89. The Bertz CT molecular complexity index is 382. The lowest BCUT2D eigenvalue weighted by atomic mass is 10.3. The van der Waals surface area contributed by atoms with E-state index >= 15 is 0 Å². The van der Waals surface area contributed by atoms with Crippen molar-refractivity contribution in [2.45, 2.75) is 6.42 Å². The van der Waals surface area contributed by atoms with Crippen LogP contribution in [-0.2, 0) is 0 Å². The van der Waals surface area contributed by atoms with Gasteiger partial charge < -0.3 is 5.32 Å². The molecule has 0 fully saturated rings. The zero-order valence-corrected chi connectivity index (χ0v) is 8.70. The summed E-state index contributed by atoms with van der Waals surface area (Å²) >= 11 is 5.64. The fourth-order valence-corrected chi connectivity index (χ4v) is 1.15. The maximum absolute atomic E-state index is 10.6. The van der Waals surface area contributed by atoms with Crippen molar-refractivity contribution >= 4 is 23.1 Å². The number of nitro groups is 1. The summed E-state index contributed by atoms with van der Waals surface area (Å²) in [4.78, 5) is 14.0. The van der Waals surface area contributed by atoms with Crippen LogP contribution in [0.2, 0.25) is 5.15 Å². The molecule has 0 unspecified atom stereocenters. The van der Waals surface area contributed by atoms with Gasteiger partial charge in [-0.05, 0) is 12.5 Å². The van der Waals surface area contributed by atoms with Gasteiger partial charge in [-0.3, -0.25) is 10.1 Å². The van der Waals surface area contributed by atoms with E-state index in [2.05, 4.69) is 16.9 Å². The van der Waals surface area contributed by atoms with E-state index in [1.165, 1.54) is 12.1 Å². The number of anilines is 1. The molecule has 0 saturated heterocycles. The van der Waals surface area contributed by atoms with Gasteiger partial charge in [0.05, 0.1) is 4.92 Å². The molecular weight excluding hydrogens is 218 g/mol. The van der Waals surface area contributed by atoms with Crippen molar-refractivity contribution in [1.82, 2.24) is 4.98 Å². The molecule has 6 heteroatoms. The first-order valence-electron chi connectivity index (χ1n) is 4.31. The highest BCUT2D eigenvalue weighted by Gasteiger charge is 2.14. The monoisotopic (exact) mass is 227 g/mol. The number of halogens is 1. The van der Waals surface area contributed by atoms with E-state index in [1.807, 2.05) is 0 Å². The van der Waals surface area contributed by atoms with Crippen LogP contribution in [-0.4, -0.2) is 16.5 Å². The quantitative estimate of drug-likeness (QED) is 0.276. The van der Waals surface area contributed by atoms with Gasteiger partial charge in [0.2, 0.25) is 5.82 Å². The van der Waals surface area contributed by atoms with Crippen molar-refractivity contribution in [2.75, 3.05) is 11.9 Å². The molecule has 1 aromatic heterocycles. The molecule has 5 nitrogen and oxygen atoms in total. The van der Waals surface area contributed by atoms with Crippen LogP contribution in [0.1, 0.15) is 6.42 Å². The highest BCUT2D eigenvalue weighted by molar-refractivity contribution is 6.29. The number of hydrogen-bond acceptors (Lipinski definition) is 4. The summed E-state index contributed by atoms with van der Waals surface area (Å²) in [5.74, 6) is 0.189. The van der Waals surface area contributed by atoms with Gasteiger partial charge in [0.15, 0.2) is 0 Å². The van der Waals surface area contributed by atoms with Gasteiger partial charge in [-0.1, -0.05) is 17.7 Å². The molecule has 0 radical (unpaired) electrons. The van der Waals surface area contributed by atoms with Gasteiger partial charge in [0.1, 0.15) is 5.15 Å². The number of pyridine rings is 1. The minimum atomic E-state index is -0.500. The van der Waals surface area contributed by atoms with Crippen LogP contribution >= 0.6 is 11.6 Å². The summed E-state index contributed by atoms with van der Waals surface area (Å²) < 4.78 is 0. The zero-order valence-electron chi connectivity index (χ0n) is 7.94. The molecule has 0 amide bonds. The molecule has 1 N–H and O–H groups in total. The van der Waals surface area contributed by atoms with Gasteiger partial charge in [0.25, 0.3) is 0 Å². The number of hydrogen-bond donors (Lipinski definition) is 1. The Morgan fingerprint density at radius 3 is 3.00 bits per heavy atom. The predicted molar refractivity (Wildman–Crippen MR) is 59.2 cm³/mol. The Kier molecular flexibility index (Phi) is 4.05. The smallest absolute Gasteiger partial charge is 0.311 e. The van der Waals surface area contributed by atoms with E-state index in [0.717, 1.165) is 0 Å². The summed E-state index contributed by atoms with van der Waals surface area (Å²) in [6, 6.07) is 2.71. The first kappa shape index (κ1) is 11.5. The maximum Gasteiger partial charge on any atom is 0.311 e. The standard InChI is InChI=1S/C9H10ClN3O2/c1-2-3-6-11-9-7(13(14)15)4-5-8(10)12-9/h2,4-5H,1,3,6H2,(H,11,12). The van der Waals surface area contributed by atoms with Crippen molar-refractivity contribution in [3.05, 3.63) is 40.1 Å². The van der Waals surface area contributed by atoms with Crippen molar-refractivity contribution in [1.29, 1.82) is 0 Å². The summed E-state index contributed by atoms with van der Waals surface area (Å²) in [5, 5.41) is 13.7. The predicted octanol–water partition coefficient (Wildman–Crippen LogP) is 2.63. The van der Waals surface area contributed by atoms with Crippen molar-refractivity contribution in [3.8, 4) is 0 Å². The van der Waals surface area contributed by atoms with Crippen LogP contribution in [0.4, 0.5) is 11.5 Å². The minimum absolute atomic E-state index is 0.0801. The molecule has 80 valence electrons. The summed E-state index contributed by atoms with van der Waals surface area (Å²) in [7, 11) is 0. The highest BCUT2D eigenvalue weighted by Crippen LogP contribution is 2.23. The largest absolute Gasteiger partial charge is 0.364 e. The molecule has 1 heterocycles. The average molecular weight is 228 g/mol. The SMILES string of the molecule is C=CCCNc1nc(Cl)ccc1[N+](=O)[O-]. The number of aromatic nitrogens is 1. The van der Waals surface area contributed by atoms with E-state index in [4.69, 9.17) is 11.6 Å². The lowest BCUT2D eigenvalue weighted by Crippen LogP contribution is -2.05. The lowest BCUT2D eigenvalue weighted by Gasteiger charge is -2.04. The van der Waals surface area contributed by atoms with Crippen LogP contribution < -0.4 is 5.32 Å². The van der Waals surface area contributed by atoms with Crippen LogP contribution in [0, 0.1) is 10.1 Å². The second kappa shape index (κ2) is 5.31. The molecule has 0 aliphatic heterocycles. The van der Waals surface area contributed by atoms with E-state index in [0.29, 0.717) is 13.0 Å². The summed E-state index contributed by atoms with van der Waals surface area (Å²) in [5.41, 5.74) is -0.0801. The molecule has 0 atom stereocenters. The third-order valence-electron chi connectivity index (χ3n) is 1.68. The second-order valence-electron chi connectivity index (χ2n) is 2.76. The molecule has 0 saturated carbocycles. The molecule has 0 spiro atoms. The maximum atomic E-state index is 10.6. The molecule has 0 bridgehead atoms. The van der Waals surface area contributed by atoms with E-state index < -0.39 is 4.92 Å². The molecule has 1 rings (SSSR count). The molecule has 15 heavy (non-hydrogen) atoms. The number of nitrogens with zero attached hydrogens (tertiary/aromatic N) is 2. The van der Waals surface area contributed by atoms with Gasteiger partial charge in [-0.15, -0.1) is 6.58 Å². The molecule has 0 aliphatic rings. The Morgan fingerprint density at radius 2 is 2.40 bits per heavy atom. The summed E-state index contributed by atoms with van der Waals surface area (Å²) in [6.45, 7) is 4.09. The second-order valence-corrected chi connectivity index (χ2v) is 3.15. The molecule has 1 aromatic rings. The van der Waals surface area contributed by atoms with Gasteiger partial charge in [-0.2, -0.15) is 0 Å². The van der Waals surface area contributed by atoms with Crippen LogP contribution in [0.15, 0.2) is 24.8 Å². The lowest BCUT2D eigenvalue weighted by molar-refractivity contribution is -0.384. The van der Waals surface area contributed by atoms with Crippen LogP contribution in [0.25, 0.3) is 0 Å². The first-order valence-corrected chi connectivity index (χ1v) is 4.68. The fourth-order valence-electron chi connectivity index (χ4n) is 0.998. The zero-order chi connectivity index (χ0) is 11.3. The van der Waals surface area contributed by atoms with Crippen molar-refractivity contribution in [3.63, 3.8) is 0 Å². The van der Waals surface area contributed by atoms with Gasteiger partial charge in [-0.25, -0.2) is 4.98 Å². The fraction of sp³-hybridized carbons (Fsp3) is 0.222. The van der Waals surface area contributed by atoms with Crippen LogP contribution in [0.3, 0.4) is 0 Å². The van der Waals surface area contributed by atoms with Crippen molar-refractivity contribution < 1.29 is 4.92 Å². The van der Waals surface area contributed by atoms with Gasteiger partial charge in [0, 0.05) is 12.6 Å². The highest BCUT2D eigenvalue weighted by atomic mass is 35.5. The minimum Gasteiger partial charge on any atom is -0.364 e. The van der Waals surface area contributed by atoms with E-state index in [9.17, 15) is 10.1 Å². The third kappa shape index (κ3) is 3.21. The average Bonchev–Trinajstić information content (AvgIpc) is 2.18. The van der Waals surface area contributed by atoms with Crippen LogP contribution in [0.5, 0.6) is 0 Å². The van der Waals surface area contributed by atoms with Crippen molar-refractivity contribution in [2.24, 2.45) is 0 Å². The summed E-state index contributed by atoms with van der Waals surface area (Å²) in [6.07, 6.45) is 2.41. The van der Waals surface area contributed by atoms with E-state index in [1.54, 1.807) is 6.08 Å². The molecular formula is C9H10ClN3O2. The Balaban J connectivity index is 2.86.